The highest BCUT2D eigenvalue weighted by molar-refractivity contribution is 6.21. The van der Waals surface area contributed by atoms with E-state index in [2.05, 4.69) is 155 Å². The van der Waals surface area contributed by atoms with Gasteiger partial charge in [0.1, 0.15) is 11.9 Å². The third kappa shape index (κ3) is 5.19. The van der Waals surface area contributed by atoms with Gasteiger partial charge in [-0.3, -0.25) is 4.90 Å². The number of hydrogen-bond donors (Lipinski definition) is 0. The molecule has 3 nitrogen and oxygen atoms in total. The van der Waals surface area contributed by atoms with E-state index in [9.17, 15) is 5.26 Å². The lowest BCUT2D eigenvalue weighted by atomic mass is 9.85. The molecule has 220 valence electrons. The third-order valence-electron chi connectivity index (χ3n) is 8.72. The Morgan fingerprint density at radius 3 is 1.51 bits per heavy atom. The first-order chi connectivity index (χ1) is 23.3. The van der Waals surface area contributed by atoms with Crippen molar-refractivity contribution < 1.29 is 0 Å². The second kappa shape index (κ2) is 12.1. The number of anilines is 3. The summed E-state index contributed by atoms with van der Waals surface area (Å²) in [5.41, 5.74) is 9.74. The van der Waals surface area contributed by atoms with Gasteiger partial charge in [-0.1, -0.05) is 127 Å². The number of pyridine rings is 1. The summed E-state index contributed by atoms with van der Waals surface area (Å²) < 4.78 is 0. The number of benzene rings is 7. The van der Waals surface area contributed by atoms with Crippen molar-refractivity contribution in [2.24, 2.45) is 0 Å². The second-order valence-corrected chi connectivity index (χ2v) is 11.5. The Balaban J connectivity index is 1.29. The summed E-state index contributed by atoms with van der Waals surface area (Å²) >= 11 is 0. The van der Waals surface area contributed by atoms with Crippen LogP contribution >= 0.6 is 0 Å². The lowest BCUT2D eigenvalue weighted by molar-refractivity contribution is 1.17. The maximum absolute atomic E-state index is 9.33. The van der Waals surface area contributed by atoms with E-state index in [0.29, 0.717) is 5.56 Å². The van der Waals surface area contributed by atoms with Gasteiger partial charge in [0.15, 0.2) is 0 Å². The highest BCUT2D eigenvalue weighted by Gasteiger charge is 2.18. The maximum Gasteiger partial charge on any atom is 0.137 e. The van der Waals surface area contributed by atoms with E-state index in [0.717, 1.165) is 22.8 Å². The van der Waals surface area contributed by atoms with E-state index in [1.807, 2.05) is 30.3 Å². The molecule has 0 atom stereocenters. The van der Waals surface area contributed by atoms with Crippen molar-refractivity contribution in [3.63, 3.8) is 0 Å². The largest absolute Gasteiger partial charge is 0.295 e. The van der Waals surface area contributed by atoms with Crippen molar-refractivity contribution in [3.8, 4) is 39.4 Å². The molecule has 0 aliphatic heterocycles. The van der Waals surface area contributed by atoms with Crippen LogP contribution in [0, 0.1) is 11.3 Å². The van der Waals surface area contributed by atoms with Crippen molar-refractivity contribution >= 4 is 38.7 Å². The fourth-order valence-corrected chi connectivity index (χ4v) is 6.59. The number of hydrogen-bond acceptors (Lipinski definition) is 3. The average Bonchev–Trinajstić information content (AvgIpc) is 3.15. The minimum Gasteiger partial charge on any atom is -0.295 e. The van der Waals surface area contributed by atoms with Crippen LogP contribution in [-0.2, 0) is 0 Å². The van der Waals surface area contributed by atoms with Gasteiger partial charge in [-0.25, -0.2) is 4.98 Å². The molecule has 0 fully saturated rings. The molecule has 0 N–H and O–H groups in total. The predicted molar refractivity (Wildman–Crippen MR) is 195 cm³/mol. The smallest absolute Gasteiger partial charge is 0.137 e. The van der Waals surface area contributed by atoms with Gasteiger partial charge < -0.3 is 0 Å². The molecular weight excluding hydrogens is 571 g/mol. The first kappa shape index (κ1) is 28.0. The predicted octanol–water partition coefficient (Wildman–Crippen LogP) is 11.7. The molecule has 0 spiro atoms. The minimum atomic E-state index is 0.533. The number of nitrogens with zero attached hydrogens (tertiary/aromatic N) is 3. The Labute approximate surface area is 274 Å². The lowest BCUT2D eigenvalue weighted by Gasteiger charge is -2.24. The quantitative estimate of drug-likeness (QED) is 0.179. The fraction of sp³-hybridized carbons (Fsp3) is 0. The van der Waals surface area contributed by atoms with Crippen LogP contribution in [0.5, 0.6) is 0 Å². The topological polar surface area (TPSA) is 39.9 Å². The third-order valence-corrected chi connectivity index (χ3v) is 8.72. The maximum atomic E-state index is 9.33. The standard InChI is InChI=1S/C44H29N3/c45-29-31-22-27-42(46-30-31)47(36-16-5-2-6-17-36)37-25-23-33(24-26-37)43-38-18-7-9-20-40(38)44(41-21-10-8-19-39(41)43)35-15-11-14-34(28-35)32-12-3-1-4-13-32/h1-28,30H. The lowest BCUT2D eigenvalue weighted by Crippen LogP contribution is -2.11. The molecule has 0 unspecified atom stereocenters. The van der Waals surface area contributed by atoms with Gasteiger partial charge in [0.05, 0.1) is 5.56 Å². The summed E-state index contributed by atoms with van der Waals surface area (Å²) in [5.74, 6) is 0.751. The number of para-hydroxylation sites is 1. The molecule has 47 heavy (non-hydrogen) atoms. The Kier molecular flexibility index (Phi) is 7.22. The molecule has 0 aliphatic rings. The van der Waals surface area contributed by atoms with E-state index < -0.39 is 0 Å². The molecular formula is C44H29N3. The number of nitriles is 1. The van der Waals surface area contributed by atoms with E-state index in [1.54, 1.807) is 6.20 Å². The van der Waals surface area contributed by atoms with Gasteiger partial charge >= 0.3 is 0 Å². The van der Waals surface area contributed by atoms with Gasteiger partial charge in [-0.2, -0.15) is 5.26 Å². The molecule has 0 saturated carbocycles. The number of fused-ring (bicyclic) bond motifs is 2. The van der Waals surface area contributed by atoms with Crippen LogP contribution < -0.4 is 4.90 Å². The molecule has 0 bridgehead atoms. The fourth-order valence-electron chi connectivity index (χ4n) is 6.59. The van der Waals surface area contributed by atoms with Crippen LogP contribution in [0.2, 0.25) is 0 Å². The van der Waals surface area contributed by atoms with Gasteiger partial charge in [0.25, 0.3) is 0 Å². The van der Waals surface area contributed by atoms with E-state index in [-0.39, 0.29) is 0 Å². The van der Waals surface area contributed by atoms with Crippen molar-refractivity contribution in [3.05, 3.63) is 182 Å². The molecule has 7 aromatic carbocycles. The van der Waals surface area contributed by atoms with Crippen molar-refractivity contribution in [2.75, 3.05) is 4.90 Å². The molecule has 0 saturated heterocycles. The number of aromatic nitrogens is 1. The van der Waals surface area contributed by atoms with Crippen LogP contribution in [0.4, 0.5) is 17.2 Å². The van der Waals surface area contributed by atoms with Gasteiger partial charge in [-0.15, -0.1) is 0 Å². The van der Waals surface area contributed by atoms with Crippen molar-refractivity contribution in [2.45, 2.75) is 0 Å². The summed E-state index contributed by atoms with van der Waals surface area (Å²) in [6, 6.07) is 61.8. The normalized spacial score (nSPS) is 11.0. The zero-order chi connectivity index (χ0) is 31.6. The van der Waals surface area contributed by atoms with Crippen LogP contribution in [0.15, 0.2) is 176 Å². The first-order valence-corrected chi connectivity index (χ1v) is 15.7. The van der Waals surface area contributed by atoms with Crippen molar-refractivity contribution in [1.29, 1.82) is 5.26 Å². The van der Waals surface area contributed by atoms with Gasteiger partial charge in [0.2, 0.25) is 0 Å². The van der Waals surface area contributed by atoms with Gasteiger partial charge in [-0.05, 0) is 97.4 Å². The highest BCUT2D eigenvalue weighted by atomic mass is 15.2. The molecule has 0 radical (unpaired) electrons. The molecule has 3 heteroatoms. The number of rotatable bonds is 6. The first-order valence-electron chi connectivity index (χ1n) is 15.7. The Morgan fingerprint density at radius 2 is 0.936 bits per heavy atom. The molecule has 8 rings (SSSR count). The van der Waals surface area contributed by atoms with E-state index in [1.165, 1.54) is 49.4 Å². The van der Waals surface area contributed by atoms with Gasteiger partial charge in [0, 0.05) is 17.6 Å². The SMILES string of the molecule is N#Cc1ccc(N(c2ccccc2)c2ccc(-c3c4ccccc4c(-c4cccc(-c5ccccc5)c4)c4ccccc34)cc2)nc1. The average molecular weight is 600 g/mol. The van der Waals surface area contributed by atoms with Crippen LogP contribution in [0.25, 0.3) is 54.9 Å². The highest BCUT2D eigenvalue weighted by Crippen LogP contribution is 2.45. The zero-order valence-corrected chi connectivity index (χ0v) is 25.6. The Hall–Kier alpha value is -6.50. The summed E-state index contributed by atoms with van der Waals surface area (Å²) in [4.78, 5) is 6.75. The van der Waals surface area contributed by atoms with E-state index >= 15 is 0 Å². The summed E-state index contributed by atoms with van der Waals surface area (Å²) in [6.45, 7) is 0. The van der Waals surface area contributed by atoms with Crippen LogP contribution in [0.3, 0.4) is 0 Å². The molecule has 1 aromatic heterocycles. The molecule has 0 amide bonds. The minimum absolute atomic E-state index is 0.533. The summed E-state index contributed by atoms with van der Waals surface area (Å²) in [7, 11) is 0. The zero-order valence-electron chi connectivity index (χ0n) is 25.6. The monoisotopic (exact) mass is 599 g/mol. The summed E-state index contributed by atoms with van der Waals surface area (Å²) in [6.07, 6.45) is 1.62. The van der Waals surface area contributed by atoms with E-state index in [4.69, 9.17) is 0 Å². The molecule has 8 aromatic rings. The van der Waals surface area contributed by atoms with Crippen LogP contribution in [0.1, 0.15) is 5.56 Å². The van der Waals surface area contributed by atoms with Crippen LogP contribution in [-0.4, -0.2) is 4.98 Å². The summed E-state index contributed by atoms with van der Waals surface area (Å²) in [5, 5.41) is 14.2. The van der Waals surface area contributed by atoms with Crippen molar-refractivity contribution in [1.82, 2.24) is 4.98 Å². The molecule has 0 aliphatic carbocycles. The second-order valence-electron chi connectivity index (χ2n) is 11.5. The Bertz CT molecular complexity index is 2330. The Morgan fingerprint density at radius 1 is 0.426 bits per heavy atom. The molecule has 1 heterocycles.